The zero-order valence-corrected chi connectivity index (χ0v) is 43.1. The van der Waals surface area contributed by atoms with Crippen molar-refractivity contribution in [2.24, 2.45) is 5.92 Å². The van der Waals surface area contributed by atoms with Gasteiger partial charge in [-0.2, -0.15) is 0 Å². The molecule has 0 N–H and O–H groups in total. The zero-order valence-electron chi connectivity index (χ0n) is 50.8. The van der Waals surface area contributed by atoms with Crippen molar-refractivity contribution in [1.29, 1.82) is 0 Å². The standard InChI is InChI=1S/C66H52N4O3.Pt/c1-41-32-63(67-39-57(41)43-26-28-45(29-27-43)66(2,3)4)70-58-23-12-11-22-50(58)51-31-30-49(36-61(51)70)73-48-21-15-20-46(33-48)68-40-69(60-25-14-13-24-59(60)68)65-52(42-16-7-5-8-17-42)37-54-53-34-47(71)35-55(53)62(72)38-56(54)64(65)44-18-9-6-10-19-44;/h5-33,36-37,39,53,55H,34-35,38H2,1-4H3;/i5D,6D,7D,8D,9D,10D,16D,17D,18D,19D;. The van der Waals surface area contributed by atoms with Gasteiger partial charge in [0.2, 0.25) is 0 Å². The molecular weight excluding hydrogens is 1090 g/mol. The fraction of sp³-hybridized carbons (Fsp3) is 0.152. The third-order valence-electron chi connectivity index (χ3n) is 14.8. The fourth-order valence-corrected chi connectivity index (χ4v) is 12.4. The summed E-state index contributed by atoms with van der Waals surface area (Å²) < 4.78 is 104. The summed E-state index contributed by atoms with van der Waals surface area (Å²) in [7, 11) is 0. The van der Waals surface area contributed by atoms with Crippen molar-refractivity contribution in [1.82, 2.24) is 18.7 Å². The fourth-order valence-electron chi connectivity index (χ4n) is 11.3. The van der Waals surface area contributed by atoms with Crippen molar-refractivity contribution >= 4 is 44.4 Å². The molecule has 0 aliphatic heterocycles. The van der Waals surface area contributed by atoms with E-state index in [1.807, 2.05) is 89.6 Å². The number of imidazole rings is 1. The number of rotatable bonds is 8. The normalized spacial score (nSPS) is 17.4. The van der Waals surface area contributed by atoms with E-state index < -0.39 is 72.3 Å². The minimum absolute atomic E-state index is 0.000936. The van der Waals surface area contributed by atoms with Crippen LogP contribution in [0.2, 0.25) is 0 Å². The molecule has 2 aliphatic rings. The van der Waals surface area contributed by atoms with Crippen LogP contribution in [0.25, 0.3) is 83.4 Å². The average molecular weight is 1150 g/mol. The third-order valence-corrected chi connectivity index (χ3v) is 15.8. The Balaban J connectivity index is 0.997. The molecular formula is C66H52N4O3Pt. The summed E-state index contributed by atoms with van der Waals surface area (Å²) in [5.74, 6) is 0.0306. The van der Waals surface area contributed by atoms with Crippen molar-refractivity contribution in [2.45, 2.75) is 58.3 Å². The summed E-state index contributed by atoms with van der Waals surface area (Å²) in [6.45, 7) is 8.72. The van der Waals surface area contributed by atoms with E-state index in [0.29, 0.717) is 43.2 Å². The summed E-state index contributed by atoms with van der Waals surface area (Å²) in [6.07, 6.45) is 1.67. The summed E-state index contributed by atoms with van der Waals surface area (Å²) in [5.41, 5.74) is 8.77. The molecule has 11 aromatic rings. The summed E-state index contributed by atoms with van der Waals surface area (Å²) in [4.78, 5) is 32.7. The number of hydrogen-bond donors (Lipinski definition) is 0. The number of carbonyl (C=O) groups excluding carboxylic acids is 2. The van der Waals surface area contributed by atoms with Gasteiger partial charge in [0.05, 0.1) is 0 Å². The van der Waals surface area contributed by atoms with E-state index >= 15 is 0 Å². The van der Waals surface area contributed by atoms with Crippen LogP contribution in [0.3, 0.4) is 0 Å². The number of ether oxygens (including phenoxy) is 1. The number of pyridine rings is 1. The zero-order chi connectivity index (χ0) is 59.1. The number of carbonyl (C=O) groups is 2. The summed E-state index contributed by atoms with van der Waals surface area (Å²) in [5, 5.41) is 2.07. The van der Waals surface area contributed by atoms with Gasteiger partial charge < -0.3 is 0 Å². The SMILES string of the molecule is [2H]c1c([2H])c([2H])c(-c2cc3c(c(-c4c([2H])c([2H])c([2H])c([2H])c4[2H])c2-n2[c](=[Pt])n(-c4cccc(Oc5ccc6c7ccccc7n(-c7cc(C)c(-c8ccc(C(C)(C)C)cc8)cn7)c6c5)c4)c4ccccc42)CC(=O)C2CC(=O)CC32)c([2H])c1[2H]. The average Bonchev–Trinajstić information content (AvgIpc) is 1.32. The first kappa shape index (κ1) is 36.0. The van der Waals surface area contributed by atoms with Crippen molar-refractivity contribution in [3.63, 3.8) is 0 Å². The Morgan fingerprint density at radius 3 is 2.01 bits per heavy atom. The Bertz CT molecular complexity index is 4710. The number of Topliss-reactive ketones (excluding diaryl/α,β-unsaturated/α-hetero) is 2. The number of hydrogen-bond acceptors (Lipinski definition) is 4. The van der Waals surface area contributed by atoms with Crippen LogP contribution < -0.4 is 4.74 Å². The van der Waals surface area contributed by atoms with Crippen LogP contribution in [-0.4, -0.2) is 30.3 Å². The molecule has 8 heteroatoms. The van der Waals surface area contributed by atoms with Crippen LogP contribution in [0.1, 0.15) is 75.5 Å². The van der Waals surface area contributed by atoms with E-state index in [-0.39, 0.29) is 64.2 Å². The number of aryl methyl sites for hydroxylation is 1. The van der Waals surface area contributed by atoms with Gasteiger partial charge >= 0.3 is 359 Å². The van der Waals surface area contributed by atoms with Gasteiger partial charge in [0.1, 0.15) is 0 Å². The van der Waals surface area contributed by atoms with Crippen molar-refractivity contribution < 1.29 is 47.4 Å². The molecule has 3 heterocycles. The second kappa shape index (κ2) is 17.9. The van der Waals surface area contributed by atoms with Crippen LogP contribution in [0, 0.1) is 16.6 Å². The van der Waals surface area contributed by atoms with Gasteiger partial charge in [0.15, 0.2) is 0 Å². The molecule has 0 spiro atoms. The van der Waals surface area contributed by atoms with Crippen LogP contribution in [0.4, 0.5) is 0 Å². The minimum atomic E-state index is -0.699. The first-order chi connectivity index (χ1) is 40.1. The van der Waals surface area contributed by atoms with Gasteiger partial charge in [0, 0.05) is 11.8 Å². The number of ketones is 2. The van der Waals surface area contributed by atoms with Gasteiger partial charge in [-0.3, -0.25) is 0 Å². The number of nitrogens with zero attached hydrogens (tertiary/aromatic N) is 4. The Morgan fingerprint density at radius 1 is 0.622 bits per heavy atom. The summed E-state index contributed by atoms with van der Waals surface area (Å²) in [6, 6.07) is 35.7. The molecule has 0 radical (unpaired) electrons. The Labute approximate surface area is 454 Å². The van der Waals surface area contributed by atoms with E-state index in [1.54, 1.807) is 10.6 Å². The molecule has 8 aromatic carbocycles. The number of para-hydroxylation sites is 3. The molecule has 0 amide bonds. The van der Waals surface area contributed by atoms with Crippen LogP contribution >= 0.6 is 0 Å². The molecule has 2 atom stereocenters. The monoisotopic (exact) mass is 1150 g/mol. The molecule has 1 fully saturated rings. The number of aromatic nitrogens is 4. The van der Waals surface area contributed by atoms with Gasteiger partial charge in [-0.15, -0.1) is 0 Å². The predicted octanol–water partition coefficient (Wildman–Crippen LogP) is 15.6. The van der Waals surface area contributed by atoms with Crippen LogP contribution in [-0.2, 0) is 40.8 Å². The quantitative estimate of drug-likeness (QED) is 0.152. The van der Waals surface area contributed by atoms with Crippen molar-refractivity contribution in [3.8, 4) is 62.1 Å². The van der Waals surface area contributed by atoms with Crippen molar-refractivity contribution in [3.05, 3.63) is 220 Å². The van der Waals surface area contributed by atoms with Crippen LogP contribution in [0.15, 0.2) is 194 Å². The third kappa shape index (κ3) is 7.67. The Kier molecular flexibility index (Phi) is 8.71. The molecule has 2 aliphatic carbocycles. The topological polar surface area (TPSA) is 71.0 Å². The second-order valence-electron chi connectivity index (χ2n) is 20.2. The summed E-state index contributed by atoms with van der Waals surface area (Å²) >= 11 is 2.15. The molecule has 74 heavy (non-hydrogen) atoms. The molecule has 13 rings (SSSR count). The van der Waals surface area contributed by atoms with E-state index in [4.69, 9.17) is 17.9 Å². The Hall–Kier alpha value is -7.99. The molecule has 3 aromatic heterocycles. The maximum absolute atomic E-state index is 14.4. The van der Waals surface area contributed by atoms with E-state index in [0.717, 1.165) is 44.3 Å². The van der Waals surface area contributed by atoms with Crippen molar-refractivity contribution in [2.75, 3.05) is 0 Å². The van der Waals surface area contributed by atoms with E-state index in [9.17, 15) is 15.1 Å². The van der Waals surface area contributed by atoms with Gasteiger partial charge in [0.25, 0.3) is 0 Å². The van der Waals surface area contributed by atoms with Gasteiger partial charge in [-0.25, -0.2) is 0 Å². The van der Waals surface area contributed by atoms with Crippen LogP contribution in [0.5, 0.6) is 11.5 Å². The molecule has 7 nitrogen and oxygen atoms in total. The van der Waals surface area contributed by atoms with Gasteiger partial charge in [-0.05, 0) is 29.0 Å². The molecule has 0 saturated heterocycles. The molecule has 364 valence electrons. The van der Waals surface area contributed by atoms with Gasteiger partial charge in [-0.1, -0.05) is 57.2 Å². The number of benzene rings is 8. The maximum atomic E-state index is 14.4. The first-order valence-electron chi connectivity index (χ1n) is 29.6. The molecule has 1 saturated carbocycles. The molecule has 2 unspecified atom stereocenters. The first-order valence-corrected chi connectivity index (χ1v) is 25.7. The number of fused-ring (bicyclic) bond motifs is 7. The predicted molar refractivity (Wildman–Crippen MR) is 293 cm³/mol. The second-order valence-corrected chi connectivity index (χ2v) is 21.3. The van der Waals surface area contributed by atoms with E-state index in [1.165, 1.54) is 5.56 Å². The molecule has 0 bridgehead atoms. The van der Waals surface area contributed by atoms with E-state index in [2.05, 4.69) is 94.1 Å². The Morgan fingerprint density at radius 2 is 1.28 bits per heavy atom.